The lowest BCUT2D eigenvalue weighted by Crippen LogP contribution is -2.23. The fraction of sp³-hybridized carbons (Fsp3) is 0.556. The molecule has 14 heavy (non-hydrogen) atoms. The Bertz CT molecular complexity index is 470. The minimum Gasteiger partial charge on any atom is -0.311 e. The minimum atomic E-state index is 0.918. The number of aryl methyl sites for hydroxylation is 1. The molecule has 0 saturated heterocycles. The molecule has 1 aliphatic heterocycles. The average molecular weight is 208 g/mol. The second-order valence-electron chi connectivity index (χ2n) is 3.47. The monoisotopic (exact) mass is 208 g/mol. The van der Waals surface area contributed by atoms with Gasteiger partial charge in [0.05, 0.1) is 5.69 Å². The Morgan fingerprint density at radius 3 is 3.36 bits per heavy atom. The van der Waals surface area contributed by atoms with Crippen LogP contribution in [0.25, 0.3) is 4.96 Å². The highest BCUT2D eigenvalue weighted by Gasteiger charge is 2.17. The van der Waals surface area contributed by atoms with Crippen LogP contribution in [0.1, 0.15) is 23.3 Å². The van der Waals surface area contributed by atoms with Crippen molar-refractivity contribution in [2.45, 2.75) is 26.3 Å². The van der Waals surface area contributed by atoms with Crippen LogP contribution >= 0.6 is 11.3 Å². The number of thiazole rings is 1. The van der Waals surface area contributed by atoms with Crippen molar-refractivity contribution < 1.29 is 0 Å². The highest BCUT2D eigenvalue weighted by molar-refractivity contribution is 7.17. The molecule has 4 nitrogen and oxygen atoms in total. The molecule has 0 bridgehead atoms. The topological polar surface area (TPSA) is 42.2 Å². The largest absolute Gasteiger partial charge is 0.311 e. The molecule has 1 N–H and O–H groups in total. The maximum atomic E-state index is 4.49. The van der Waals surface area contributed by atoms with Crippen molar-refractivity contribution >= 4 is 16.3 Å². The third-order valence-corrected chi connectivity index (χ3v) is 3.63. The molecule has 0 aromatic carbocycles. The number of hydrogen-bond donors (Lipinski definition) is 1. The van der Waals surface area contributed by atoms with Crippen molar-refractivity contribution in [2.75, 3.05) is 6.54 Å². The van der Waals surface area contributed by atoms with E-state index in [2.05, 4.69) is 22.3 Å². The third-order valence-electron chi connectivity index (χ3n) is 2.55. The molecule has 0 saturated carbocycles. The standard InChI is InChI=1S/C9H12N4S/c1-2-8-11-9-13(12-8)6-3-4-10-5-7(6)14-9/h10H,2-5H2,1H3. The molecule has 5 heteroatoms. The summed E-state index contributed by atoms with van der Waals surface area (Å²) in [4.78, 5) is 6.93. The Balaban J connectivity index is 2.21. The summed E-state index contributed by atoms with van der Waals surface area (Å²) >= 11 is 1.76. The van der Waals surface area contributed by atoms with E-state index in [4.69, 9.17) is 0 Å². The molecular formula is C9H12N4S. The zero-order valence-corrected chi connectivity index (χ0v) is 8.89. The van der Waals surface area contributed by atoms with Gasteiger partial charge in [0.25, 0.3) is 0 Å². The molecule has 3 heterocycles. The van der Waals surface area contributed by atoms with Gasteiger partial charge in [0.2, 0.25) is 4.96 Å². The van der Waals surface area contributed by atoms with Crippen LogP contribution in [0.2, 0.25) is 0 Å². The highest BCUT2D eigenvalue weighted by atomic mass is 32.1. The zero-order valence-electron chi connectivity index (χ0n) is 8.08. The van der Waals surface area contributed by atoms with Crippen LogP contribution in [-0.2, 0) is 19.4 Å². The van der Waals surface area contributed by atoms with Crippen LogP contribution in [0.15, 0.2) is 0 Å². The molecule has 3 rings (SSSR count). The lowest BCUT2D eigenvalue weighted by molar-refractivity contribution is 0.627. The quantitative estimate of drug-likeness (QED) is 0.760. The van der Waals surface area contributed by atoms with Gasteiger partial charge in [-0.05, 0) is 0 Å². The van der Waals surface area contributed by atoms with Crippen LogP contribution in [0.5, 0.6) is 0 Å². The van der Waals surface area contributed by atoms with Crippen LogP contribution in [0.3, 0.4) is 0 Å². The van der Waals surface area contributed by atoms with E-state index >= 15 is 0 Å². The van der Waals surface area contributed by atoms with E-state index in [9.17, 15) is 0 Å². The molecular weight excluding hydrogens is 196 g/mol. The maximum Gasteiger partial charge on any atom is 0.212 e. The Morgan fingerprint density at radius 1 is 1.57 bits per heavy atom. The molecule has 2 aromatic heterocycles. The van der Waals surface area contributed by atoms with E-state index in [1.54, 1.807) is 11.3 Å². The zero-order chi connectivity index (χ0) is 9.54. The van der Waals surface area contributed by atoms with Gasteiger partial charge in [-0.2, -0.15) is 5.10 Å². The van der Waals surface area contributed by atoms with Gasteiger partial charge in [-0.3, -0.25) is 0 Å². The summed E-state index contributed by atoms with van der Waals surface area (Å²) in [7, 11) is 0. The first-order valence-corrected chi connectivity index (χ1v) is 5.77. The SMILES string of the molecule is CCc1nc2sc3c(n2n1)CCNC3. The molecule has 0 radical (unpaired) electrons. The summed E-state index contributed by atoms with van der Waals surface area (Å²) in [5.74, 6) is 0.956. The van der Waals surface area contributed by atoms with Gasteiger partial charge in [0.15, 0.2) is 5.82 Å². The number of hydrogen-bond acceptors (Lipinski definition) is 4. The van der Waals surface area contributed by atoms with Gasteiger partial charge in [0, 0.05) is 30.8 Å². The van der Waals surface area contributed by atoms with Crippen molar-refractivity contribution in [3.05, 3.63) is 16.4 Å². The lowest BCUT2D eigenvalue weighted by atomic mass is 10.2. The number of nitrogens with zero attached hydrogens (tertiary/aromatic N) is 3. The molecule has 0 spiro atoms. The van der Waals surface area contributed by atoms with E-state index in [1.807, 2.05) is 4.52 Å². The summed E-state index contributed by atoms with van der Waals surface area (Å²) in [5.41, 5.74) is 1.36. The summed E-state index contributed by atoms with van der Waals surface area (Å²) in [6.45, 7) is 4.13. The molecule has 0 atom stereocenters. The first kappa shape index (κ1) is 8.38. The van der Waals surface area contributed by atoms with Gasteiger partial charge >= 0.3 is 0 Å². The smallest absolute Gasteiger partial charge is 0.212 e. The van der Waals surface area contributed by atoms with Crippen LogP contribution < -0.4 is 5.32 Å². The van der Waals surface area contributed by atoms with E-state index in [0.29, 0.717) is 0 Å². The molecule has 1 aliphatic rings. The van der Waals surface area contributed by atoms with E-state index in [1.165, 1.54) is 10.6 Å². The summed E-state index contributed by atoms with van der Waals surface area (Å²) in [6, 6.07) is 0. The summed E-state index contributed by atoms with van der Waals surface area (Å²) < 4.78 is 2.03. The van der Waals surface area contributed by atoms with Crippen molar-refractivity contribution in [1.29, 1.82) is 0 Å². The Labute approximate surface area is 86.0 Å². The van der Waals surface area contributed by atoms with Crippen molar-refractivity contribution in [2.24, 2.45) is 0 Å². The molecule has 0 aliphatic carbocycles. The van der Waals surface area contributed by atoms with Crippen molar-refractivity contribution in [3.63, 3.8) is 0 Å². The second-order valence-corrected chi connectivity index (χ2v) is 4.54. The maximum absolute atomic E-state index is 4.49. The van der Waals surface area contributed by atoms with E-state index in [0.717, 1.165) is 36.7 Å². The Hall–Kier alpha value is -0.940. The minimum absolute atomic E-state index is 0.918. The van der Waals surface area contributed by atoms with Gasteiger partial charge in [-0.25, -0.2) is 9.50 Å². The molecule has 0 amide bonds. The summed E-state index contributed by atoms with van der Waals surface area (Å²) in [6.07, 6.45) is 1.99. The van der Waals surface area contributed by atoms with Gasteiger partial charge in [-0.1, -0.05) is 18.3 Å². The highest BCUT2D eigenvalue weighted by Crippen LogP contribution is 2.24. The molecule has 2 aromatic rings. The molecule has 74 valence electrons. The van der Waals surface area contributed by atoms with Crippen molar-refractivity contribution in [3.8, 4) is 0 Å². The van der Waals surface area contributed by atoms with Gasteiger partial charge in [0.1, 0.15) is 0 Å². The fourth-order valence-electron chi connectivity index (χ4n) is 1.81. The molecule has 0 unspecified atom stereocenters. The first-order valence-electron chi connectivity index (χ1n) is 4.95. The van der Waals surface area contributed by atoms with Gasteiger partial charge in [-0.15, -0.1) is 0 Å². The van der Waals surface area contributed by atoms with Crippen molar-refractivity contribution in [1.82, 2.24) is 19.9 Å². The third kappa shape index (κ3) is 1.09. The van der Waals surface area contributed by atoms with Gasteiger partial charge < -0.3 is 5.32 Å². The molecule has 0 fully saturated rings. The second kappa shape index (κ2) is 3.03. The van der Waals surface area contributed by atoms with E-state index in [-0.39, 0.29) is 0 Å². The average Bonchev–Trinajstić information content (AvgIpc) is 2.73. The Kier molecular flexibility index (Phi) is 1.81. The Morgan fingerprint density at radius 2 is 2.50 bits per heavy atom. The van der Waals surface area contributed by atoms with Crippen LogP contribution in [-0.4, -0.2) is 21.1 Å². The predicted octanol–water partition coefficient (Wildman–Crippen LogP) is 0.999. The lowest BCUT2D eigenvalue weighted by Gasteiger charge is -2.11. The van der Waals surface area contributed by atoms with E-state index < -0.39 is 0 Å². The summed E-state index contributed by atoms with van der Waals surface area (Å²) in [5, 5.41) is 7.85. The fourth-order valence-corrected chi connectivity index (χ4v) is 2.90. The first-order chi connectivity index (χ1) is 6.88. The predicted molar refractivity (Wildman–Crippen MR) is 55.7 cm³/mol. The number of aromatic nitrogens is 3. The number of nitrogens with one attached hydrogen (secondary N) is 1. The van der Waals surface area contributed by atoms with Crippen LogP contribution in [0.4, 0.5) is 0 Å². The number of fused-ring (bicyclic) bond motifs is 3. The van der Waals surface area contributed by atoms with Crippen LogP contribution in [0, 0.1) is 0 Å². The normalized spacial score (nSPS) is 16.1. The number of rotatable bonds is 1.